The van der Waals surface area contributed by atoms with Gasteiger partial charge in [0.2, 0.25) is 11.8 Å². The zero-order chi connectivity index (χ0) is 29.6. The predicted octanol–water partition coefficient (Wildman–Crippen LogP) is 5.67. The van der Waals surface area contributed by atoms with Crippen LogP contribution in [0.5, 0.6) is 0 Å². The van der Waals surface area contributed by atoms with Crippen LogP contribution in [0.1, 0.15) is 61.3 Å². The van der Waals surface area contributed by atoms with Gasteiger partial charge in [-0.3, -0.25) is 13.9 Å². The van der Waals surface area contributed by atoms with Crippen LogP contribution in [0.2, 0.25) is 0 Å². The molecule has 1 N–H and O–H groups in total. The average molecular weight is 576 g/mol. The maximum atomic E-state index is 14.2. The number of nitrogens with one attached hydrogen (secondary N) is 1. The molecule has 0 aliphatic heterocycles. The molecule has 1 aliphatic rings. The molecule has 0 aromatic heterocycles. The minimum Gasteiger partial charge on any atom is -0.352 e. The lowest BCUT2D eigenvalue weighted by molar-refractivity contribution is -0.140. The van der Waals surface area contributed by atoms with E-state index in [1.54, 1.807) is 41.3 Å². The highest BCUT2D eigenvalue weighted by Crippen LogP contribution is 2.28. The van der Waals surface area contributed by atoms with E-state index in [-0.39, 0.29) is 23.4 Å². The molecule has 1 aliphatic carbocycles. The molecule has 0 spiro atoms. The van der Waals surface area contributed by atoms with Crippen LogP contribution in [0, 0.1) is 20.8 Å². The molecule has 0 saturated heterocycles. The summed E-state index contributed by atoms with van der Waals surface area (Å²) in [4.78, 5) is 29.5. The second-order valence-electron chi connectivity index (χ2n) is 11.0. The monoisotopic (exact) mass is 575 g/mol. The number of rotatable bonds is 11. The Bertz CT molecular complexity index is 1460. The van der Waals surface area contributed by atoms with Gasteiger partial charge in [-0.1, -0.05) is 85.5 Å². The van der Waals surface area contributed by atoms with Gasteiger partial charge in [-0.2, -0.15) is 0 Å². The standard InChI is InChI=1S/C33H41N3O4S/c1-5-30(33(38)34-28-14-7-8-15-28)35(22-27-13-10-11-25(3)21-27)32(37)23-36(31-16-9-6-12-26(31)4)41(39,40)29-19-17-24(2)18-20-29/h6,9-13,16-21,28,30H,5,7-8,14-15,22-23H2,1-4H3,(H,34,38)/t30-/m0/s1. The summed E-state index contributed by atoms with van der Waals surface area (Å²) < 4.78 is 29.3. The summed E-state index contributed by atoms with van der Waals surface area (Å²) in [6.45, 7) is 7.35. The number of sulfonamides is 1. The van der Waals surface area contributed by atoms with E-state index in [0.29, 0.717) is 12.1 Å². The highest BCUT2D eigenvalue weighted by Gasteiger charge is 2.35. The molecule has 0 heterocycles. The molecule has 0 radical (unpaired) electrons. The van der Waals surface area contributed by atoms with Gasteiger partial charge in [0.25, 0.3) is 10.0 Å². The number of nitrogens with zero attached hydrogens (tertiary/aromatic N) is 2. The molecule has 41 heavy (non-hydrogen) atoms. The second-order valence-corrected chi connectivity index (χ2v) is 12.9. The molecule has 3 aromatic carbocycles. The van der Waals surface area contributed by atoms with Crippen LogP contribution >= 0.6 is 0 Å². The Labute approximate surface area is 244 Å². The molecule has 0 unspecified atom stereocenters. The van der Waals surface area contributed by atoms with Crippen molar-refractivity contribution >= 4 is 27.5 Å². The van der Waals surface area contributed by atoms with E-state index in [0.717, 1.165) is 47.9 Å². The van der Waals surface area contributed by atoms with Crippen LogP contribution in [-0.2, 0) is 26.2 Å². The van der Waals surface area contributed by atoms with Gasteiger partial charge >= 0.3 is 0 Å². The maximum absolute atomic E-state index is 14.2. The van der Waals surface area contributed by atoms with Crippen LogP contribution < -0.4 is 9.62 Å². The van der Waals surface area contributed by atoms with Gasteiger partial charge < -0.3 is 10.2 Å². The van der Waals surface area contributed by atoms with Crippen molar-refractivity contribution in [3.63, 3.8) is 0 Å². The van der Waals surface area contributed by atoms with Gasteiger partial charge in [0.15, 0.2) is 0 Å². The Morgan fingerprint density at radius 1 is 0.902 bits per heavy atom. The Balaban J connectivity index is 1.72. The first-order chi connectivity index (χ1) is 19.6. The predicted molar refractivity (Wildman–Crippen MR) is 163 cm³/mol. The molecule has 3 aromatic rings. The molecule has 1 fully saturated rings. The number of aryl methyl sites for hydroxylation is 3. The molecule has 0 bridgehead atoms. The molecule has 4 rings (SSSR count). The summed E-state index contributed by atoms with van der Waals surface area (Å²) in [6, 6.07) is 21.0. The quantitative estimate of drug-likeness (QED) is 0.319. The topological polar surface area (TPSA) is 86.8 Å². The SMILES string of the molecule is CC[C@@H](C(=O)NC1CCCC1)N(Cc1cccc(C)c1)C(=O)CN(c1ccccc1C)S(=O)(=O)c1ccc(C)cc1. The molecule has 1 atom stereocenters. The van der Waals surface area contributed by atoms with E-state index in [2.05, 4.69) is 5.32 Å². The van der Waals surface area contributed by atoms with Gasteiger partial charge in [-0.05, 0) is 69.4 Å². The lowest BCUT2D eigenvalue weighted by Crippen LogP contribution is -2.53. The summed E-state index contributed by atoms with van der Waals surface area (Å²) in [7, 11) is -4.09. The molecule has 1 saturated carbocycles. The molecular formula is C33H41N3O4S. The Hall–Kier alpha value is -3.65. The summed E-state index contributed by atoms with van der Waals surface area (Å²) >= 11 is 0. The van der Waals surface area contributed by atoms with Crippen LogP contribution in [-0.4, -0.2) is 43.8 Å². The summed E-state index contributed by atoms with van der Waals surface area (Å²) in [5, 5.41) is 3.15. The largest absolute Gasteiger partial charge is 0.352 e. The normalized spacial score (nSPS) is 14.4. The number of hydrogen-bond donors (Lipinski definition) is 1. The summed E-state index contributed by atoms with van der Waals surface area (Å²) in [6.07, 6.45) is 4.44. The zero-order valence-electron chi connectivity index (χ0n) is 24.5. The van der Waals surface area contributed by atoms with E-state index in [9.17, 15) is 18.0 Å². The van der Waals surface area contributed by atoms with Crippen molar-refractivity contribution in [3.05, 3.63) is 95.1 Å². The second kappa shape index (κ2) is 13.3. The zero-order valence-corrected chi connectivity index (χ0v) is 25.3. The molecule has 8 heteroatoms. The number of anilines is 1. The van der Waals surface area contributed by atoms with E-state index < -0.39 is 28.5 Å². The van der Waals surface area contributed by atoms with Crippen molar-refractivity contribution in [1.82, 2.24) is 10.2 Å². The number of amides is 2. The highest BCUT2D eigenvalue weighted by atomic mass is 32.2. The minimum atomic E-state index is -4.09. The van der Waals surface area contributed by atoms with E-state index in [1.807, 2.05) is 64.1 Å². The molecule has 7 nitrogen and oxygen atoms in total. The number of hydrogen-bond acceptors (Lipinski definition) is 4. The van der Waals surface area contributed by atoms with E-state index >= 15 is 0 Å². The van der Waals surface area contributed by atoms with Gasteiger partial charge in [-0.25, -0.2) is 8.42 Å². The van der Waals surface area contributed by atoms with Crippen LogP contribution in [0.15, 0.2) is 77.7 Å². The number of benzene rings is 3. The highest BCUT2D eigenvalue weighted by molar-refractivity contribution is 7.92. The molecular weight excluding hydrogens is 534 g/mol. The Morgan fingerprint density at radius 3 is 2.22 bits per heavy atom. The lowest BCUT2D eigenvalue weighted by Gasteiger charge is -2.34. The van der Waals surface area contributed by atoms with Gasteiger partial charge in [0, 0.05) is 12.6 Å². The molecule has 2 amide bonds. The Kier molecular flexibility index (Phi) is 9.86. The van der Waals surface area contributed by atoms with Crippen molar-refractivity contribution in [2.24, 2.45) is 0 Å². The van der Waals surface area contributed by atoms with Gasteiger partial charge in [-0.15, -0.1) is 0 Å². The smallest absolute Gasteiger partial charge is 0.264 e. The van der Waals surface area contributed by atoms with Crippen molar-refractivity contribution in [3.8, 4) is 0 Å². The fourth-order valence-electron chi connectivity index (χ4n) is 5.49. The van der Waals surface area contributed by atoms with Crippen LogP contribution in [0.25, 0.3) is 0 Å². The lowest BCUT2D eigenvalue weighted by atomic mass is 10.1. The number of carbonyl (C=O) groups is 2. The first-order valence-electron chi connectivity index (χ1n) is 14.4. The van der Waals surface area contributed by atoms with Crippen molar-refractivity contribution < 1.29 is 18.0 Å². The van der Waals surface area contributed by atoms with Crippen molar-refractivity contribution in [2.45, 2.75) is 83.3 Å². The number of carbonyl (C=O) groups excluding carboxylic acids is 2. The number of para-hydroxylation sites is 1. The summed E-state index contributed by atoms with van der Waals surface area (Å²) in [5.74, 6) is -0.622. The minimum absolute atomic E-state index is 0.107. The van der Waals surface area contributed by atoms with Gasteiger partial charge in [0.1, 0.15) is 12.6 Å². The van der Waals surface area contributed by atoms with Crippen LogP contribution in [0.3, 0.4) is 0 Å². The van der Waals surface area contributed by atoms with E-state index in [1.165, 1.54) is 4.31 Å². The average Bonchev–Trinajstić information content (AvgIpc) is 3.45. The van der Waals surface area contributed by atoms with Gasteiger partial charge in [0.05, 0.1) is 10.6 Å². The third-order valence-electron chi connectivity index (χ3n) is 7.79. The summed E-state index contributed by atoms with van der Waals surface area (Å²) in [5.41, 5.74) is 4.02. The van der Waals surface area contributed by atoms with Crippen molar-refractivity contribution in [1.29, 1.82) is 0 Å². The third-order valence-corrected chi connectivity index (χ3v) is 9.57. The Morgan fingerprint density at radius 2 is 1.59 bits per heavy atom. The van der Waals surface area contributed by atoms with Crippen molar-refractivity contribution in [2.75, 3.05) is 10.8 Å². The fraction of sp³-hybridized carbons (Fsp3) is 0.394. The first-order valence-corrected chi connectivity index (χ1v) is 15.8. The molecule has 218 valence electrons. The maximum Gasteiger partial charge on any atom is 0.264 e. The third kappa shape index (κ3) is 7.36. The fourth-order valence-corrected chi connectivity index (χ4v) is 6.97. The first kappa shape index (κ1) is 30.3. The van der Waals surface area contributed by atoms with E-state index in [4.69, 9.17) is 0 Å². The van der Waals surface area contributed by atoms with Crippen LogP contribution in [0.4, 0.5) is 5.69 Å².